The first-order chi connectivity index (χ1) is 12.5. The molecule has 0 aliphatic carbocycles. The van der Waals surface area contributed by atoms with Crippen molar-refractivity contribution in [2.75, 3.05) is 14.2 Å². The molecule has 158 valence electrons. The van der Waals surface area contributed by atoms with Gasteiger partial charge in [-0.1, -0.05) is 0 Å². The molecule has 0 aliphatic rings. The van der Waals surface area contributed by atoms with Crippen LogP contribution < -0.4 is 14.2 Å². The Hall–Kier alpha value is -2.06. The molecule has 0 saturated carbocycles. The van der Waals surface area contributed by atoms with E-state index in [0.29, 0.717) is 28.2 Å². The minimum atomic E-state index is -2.92. The van der Waals surface area contributed by atoms with Crippen molar-refractivity contribution in [1.29, 1.82) is 0 Å². The number of fused-ring (bicyclic) bond motifs is 1. The van der Waals surface area contributed by atoms with Gasteiger partial charge in [-0.25, -0.2) is 4.98 Å². The second-order valence-corrected chi connectivity index (χ2v) is 6.45. The smallest absolute Gasteiger partial charge is 1.00 e. The summed E-state index contributed by atoms with van der Waals surface area (Å²) in [6, 6.07) is 5.89. The molecule has 9 nitrogen and oxygen atoms in total. The molecule has 0 bridgehead atoms. The molecule has 0 radical (unpaired) electrons. The van der Waals surface area contributed by atoms with Crippen LogP contribution in [-0.2, 0) is 16.6 Å². The van der Waals surface area contributed by atoms with Gasteiger partial charge in [0.25, 0.3) is 0 Å². The SMILES string of the molecule is COc1ccnc(CS(=O)c2nc3ccc(OC(F)F)cc3[nH]2)c1OC.O.O.[H-].[H-].[Mg+2]. The van der Waals surface area contributed by atoms with Crippen molar-refractivity contribution in [3.8, 4) is 17.2 Å². The Labute approximate surface area is 186 Å². The van der Waals surface area contributed by atoms with E-state index in [1.165, 1.54) is 38.6 Å². The van der Waals surface area contributed by atoms with Crippen LogP contribution in [0.15, 0.2) is 35.6 Å². The maximum atomic E-state index is 12.6. The Morgan fingerprint density at radius 1 is 1.21 bits per heavy atom. The normalized spacial score (nSPS) is 11.1. The van der Waals surface area contributed by atoms with Gasteiger partial charge in [-0.2, -0.15) is 8.78 Å². The number of ether oxygens (including phenoxy) is 3. The first-order valence-electron chi connectivity index (χ1n) is 7.40. The van der Waals surface area contributed by atoms with Gasteiger partial charge in [0.15, 0.2) is 16.7 Å². The number of aromatic nitrogens is 3. The molecule has 0 spiro atoms. The van der Waals surface area contributed by atoms with Gasteiger partial charge in [0.05, 0.1) is 47.5 Å². The van der Waals surface area contributed by atoms with Gasteiger partial charge in [0.1, 0.15) is 5.75 Å². The van der Waals surface area contributed by atoms with E-state index in [1.54, 1.807) is 6.07 Å². The molecule has 2 heterocycles. The molecule has 1 aromatic carbocycles. The summed E-state index contributed by atoms with van der Waals surface area (Å²) in [7, 11) is 1.41. The van der Waals surface area contributed by atoms with Crippen LogP contribution in [0.4, 0.5) is 8.78 Å². The second-order valence-electron chi connectivity index (χ2n) is 5.08. The van der Waals surface area contributed by atoms with E-state index in [1.807, 2.05) is 0 Å². The van der Waals surface area contributed by atoms with Crippen molar-refractivity contribution in [1.82, 2.24) is 15.0 Å². The number of aromatic amines is 1. The van der Waals surface area contributed by atoms with Crippen molar-refractivity contribution in [2.24, 2.45) is 0 Å². The van der Waals surface area contributed by atoms with E-state index < -0.39 is 17.4 Å². The van der Waals surface area contributed by atoms with Crippen LogP contribution in [0.5, 0.6) is 17.2 Å². The number of hydrogen-bond acceptors (Lipinski definition) is 6. The summed E-state index contributed by atoms with van der Waals surface area (Å²) < 4.78 is 52.1. The van der Waals surface area contributed by atoms with Gasteiger partial charge in [-0.15, -0.1) is 0 Å². The van der Waals surface area contributed by atoms with Gasteiger partial charge in [-0.05, 0) is 12.1 Å². The summed E-state index contributed by atoms with van der Waals surface area (Å²) in [5, 5.41) is 0.195. The fraction of sp³-hybridized carbons (Fsp3) is 0.250. The number of benzene rings is 1. The van der Waals surface area contributed by atoms with Gasteiger partial charge >= 0.3 is 29.7 Å². The molecule has 0 amide bonds. The van der Waals surface area contributed by atoms with Crippen LogP contribution in [0.25, 0.3) is 11.0 Å². The largest absolute Gasteiger partial charge is 2.00 e. The minimum absolute atomic E-state index is 0. The number of hydrogen-bond donors (Lipinski definition) is 1. The van der Waals surface area contributed by atoms with Crippen molar-refractivity contribution in [2.45, 2.75) is 17.5 Å². The maximum absolute atomic E-state index is 12.6. The Morgan fingerprint density at radius 3 is 2.55 bits per heavy atom. The number of rotatable bonds is 7. The molecule has 13 heteroatoms. The van der Waals surface area contributed by atoms with Gasteiger partial charge < -0.3 is 33.0 Å². The standard InChI is InChI=1S/C16H15F2N3O4S.Mg.2H2O.2H/c1-23-13-5-6-19-12(14(13)24-2)8-26(22)16-20-10-4-3-9(25-15(17)18)7-11(10)21-16;;;;;/h3-7,15H,8H2,1-2H3,(H,20,21);;2*1H2;;/q;+2;;;2*-1. The van der Waals surface area contributed by atoms with Crippen molar-refractivity contribution in [3.05, 3.63) is 36.2 Å². The summed E-state index contributed by atoms with van der Waals surface area (Å²) in [5.74, 6) is 0.908. The number of alkyl halides is 2. The predicted molar refractivity (Wildman–Crippen MR) is 105 cm³/mol. The Kier molecular flexibility index (Phi) is 11.0. The number of nitrogens with zero attached hydrogens (tertiary/aromatic N) is 2. The summed E-state index contributed by atoms with van der Waals surface area (Å²) in [5.41, 5.74) is 1.38. The minimum Gasteiger partial charge on any atom is -1.00 e. The van der Waals surface area contributed by atoms with Crippen LogP contribution in [0.2, 0.25) is 0 Å². The Morgan fingerprint density at radius 2 is 1.93 bits per heavy atom. The third-order valence-electron chi connectivity index (χ3n) is 3.51. The molecular formula is C16H21F2MgN3O6S. The van der Waals surface area contributed by atoms with Crippen LogP contribution in [-0.4, -0.2) is 74.0 Å². The molecule has 29 heavy (non-hydrogen) atoms. The topological polar surface area (TPSA) is 149 Å². The molecule has 2 aromatic heterocycles. The Balaban J connectivity index is -0.00000157. The second kappa shape index (κ2) is 11.8. The van der Waals surface area contributed by atoms with Crippen LogP contribution >= 0.6 is 0 Å². The average Bonchev–Trinajstić information content (AvgIpc) is 3.04. The zero-order chi connectivity index (χ0) is 18.7. The first kappa shape index (κ1) is 26.9. The van der Waals surface area contributed by atoms with E-state index in [9.17, 15) is 13.0 Å². The van der Waals surface area contributed by atoms with Crippen molar-refractivity contribution < 1.29 is 41.0 Å². The molecule has 0 aliphatic heterocycles. The molecule has 0 fully saturated rings. The monoisotopic (exact) mass is 445 g/mol. The van der Waals surface area contributed by atoms with E-state index in [2.05, 4.69) is 19.7 Å². The van der Waals surface area contributed by atoms with E-state index >= 15 is 0 Å². The fourth-order valence-corrected chi connectivity index (χ4v) is 3.41. The van der Waals surface area contributed by atoms with E-state index in [0.717, 1.165) is 0 Å². The van der Waals surface area contributed by atoms with Gasteiger partial charge in [-0.3, -0.25) is 9.19 Å². The number of imidazole rings is 1. The molecule has 3 rings (SSSR count). The molecule has 5 N–H and O–H groups in total. The number of nitrogens with one attached hydrogen (secondary N) is 1. The zero-order valence-corrected chi connectivity index (χ0v) is 17.8. The summed E-state index contributed by atoms with van der Waals surface area (Å²) in [4.78, 5) is 11.3. The van der Waals surface area contributed by atoms with Gasteiger partial charge in [0.2, 0.25) is 0 Å². The molecule has 0 saturated heterocycles. The summed E-state index contributed by atoms with van der Waals surface area (Å²) in [6.07, 6.45) is 1.53. The predicted octanol–water partition coefficient (Wildman–Crippen LogP) is 1.08. The van der Waals surface area contributed by atoms with E-state index in [4.69, 9.17) is 9.47 Å². The molecule has 1 unspecified atom stereocenters. The molecule has 1 atom stereocenters. The Bertz CT molecular complexity index is 970. The first-order valence-corrected chi connectivity index (χ1v) is 8.72. The maximum Gasteiger partial charge on any atom is 2.00 e. The van der Waals surface area contributed by atoms with Gasteiger partial charge in [0, 0.05) is 18.3 Å². The third kappa shape index (κ3) is 6.21. The molecular weight excluding hydrogens is 425 g/mol. The summed E-state index contributed by atoms with van der Waals surface area (Å²) >= 11 is 0. The van der Waals surface area contributed by atoms with Crippen LogP contribution in [0.3, 0.4) is 0 Å². The number of H-pyrrole nitrogens is 1. The number of halogens is 2. The molecule has 3 aromatic rings. The van der Waals surface area contributed by atoms with Crippen LogP contribution in [0, 0.1) is 0 Å². The average molecular weight is 446 g/mol. The van der Waals surface area contributed by atoms with Crippen molar-refractivity contribution in [3.63, 3.8) is 0 Å². The van der Waals surface area contributed by atoms with E-state index in [-0.39, 0.29) is 53.5 Å². The fourth-order valence-electron chi connectivity index (χ4n) is 2.40. The third-order valence-corrected chi connectivity index (χ3v) is 4.67. The summed E-state index contributed by atoms with van der Waals surface area (Å²) in [6.45, 7) is -2.92. The van der Waals surface area contributed by atoms with Crippen LogP contribution in [0.1, 0.15) is 8.55 Å². The zero-order valence-electron chi connectivity index (χ0n) is 17.6. The van der Waals surface area contributed by atoms with Crippen molar-refractivity contribution >= 4 is 44.9 Å². The quantitative estimate of drug-likeness (QED) is 0.538. The number of methoxy groups -OCH3 is 2. The number of pyridine rings is 1.